The summed E-state index contributed by atoms with van der Waals surface area (Å²) in [5, 5.41) is 4.25. The first-order chi connectivity index (χ1) is 10.3. The number of halogens is 1. The molecule has 1 atom stereocenters. The van der Waals surface area contributed by atoms with Gasteiger partial charge in [0.25, 0.3) is 0 Å². The summed E-state index contributed by atoms with van der Waals surface area (Å²) in [6, 6.07) is 18.8. The van der Waals surface area contributed by atoms with Crippen LogP contribution in [0.2, 0.25) is 5.02 Å². The SMILES string of the molecule is Clc1ccc(N(Cc2ccccc2)CC2CCNC2)cc1. The Labute approximate surface area is 131 Å². The van der Waals surface area contributed by atoms with Gasteiger partial charge >= 0.3 is 0 Å². The third-order valence-electron chi connectivity index (χ3n) is 4.05. The monoisotopic (exact) mass is 300 g/mol. The third-order valence-corrected chi connectivity index (χ3v) is 4.30. The lowest BCUT2D eigenvalue weighted by Crippen LogP contribution is -2.30. The van der Waals surface area contributed by atoms with Gasteiger partial charge in [0.2, 0.25) is 0 Å². The highest BCUT2D eigenvalue weighted by Crippen LogP contribution is 2.22. The molecule has 1 fully saturated rings. The van der Waals surface area contributed by atoms with Gasteiger partial charge in [-0.2, -0.15) is 0 Å². The molecule has 0 saturated carbocycles. The number of hydrogen-bond acceptors (Lipinski definition) is 2. The maximum Gasteiger partial charge on any atom is 0.0429 e. The van der Waals surface area contributed by atoms with Gasteiger partial charge < -0.3 is 10.2 Å². The van der Waals surface area contributed by atoms with Crippen LogP contribution in [0, 0.1) is 5.92 Å². The zero-order valence-electron chi connectivity index (χ0n) is 12.1. The Hall–Kier alpha value is -1.51. The van der Waals surface area contributed by atoms with E-state index in [1.165, 1.54) is 17.7 Å². The molecular formula is C18H21ClN2. The van der Waals surface area contributed by atoms with Crippen molar-refractivity contribution in [3.05, 3.63) is 65.2 Å². The summed E-state index contributed by atoms with van der Waals surface area (Å²) in [5.74, 6) is 0.726. The summed E-state index contributed by atoms with van der Waals surface area (Å²) in [5.41, 5.74) is 2.59. The van der Waals surface area contributed by atoms with Crippen molar-refractivity contribution < 1.29 is 0 Å². The molecule has 1 saturated heterocycles. The van der Waals surface area contributed by atoms with E-state index in [1.54, 1.807) is 0 Å². The van der Waals surface area contributed by atoms with E-state index in [9.17, 15) is 0 Å². The standard InChI is InChI=1S/C18H21ClN2/c19-17-6-8-18(9-7-17)21(14-16-10-11-20-12-16)13-15-4-2-1-3-5-15/h1-9,16,20H,10-14H2. The van der Waals surface area contributed by atoms with Crippen LogP contribution in [-0.4, -0.2) is 19.6 Å². The van der Waals surface area contributed by atoms with Crippen molar-refractivity contribution in [2.24, 2.45) is 5.92 Å². The van der Waals surface area contributed by atoms with Gasteiger partial charge in [-0.05, 0) is 55.3 Å². The second-order valence-corrected chi connectivity index (χ2v) is 6.14. The minimum atomic E-state index is 0.726. The number of hydrogen-bond donors (Lipinski definition) is 1. The molecule has 3 heteroatoms. The molecule has 1 aliphatic rings. The smallest absolute Gasteiger partial charge is 0.0429 e. The van der Waals surface area contributed by atoms with Crippen molar-refractivity contribution in [3.8, 4) is 0 Å². The summed E-state index contributed by atoms with van der Waals surface area (Å²) in [4.78, 5) is 2.46. The van der Waals surface area contributed by atoms with Crippen LogP contribution in [0.5, 0.6) is 0 Å². The molecule has 21 heavy (non-hydrogen) atoms. The predicted octanol–water partition coefficient (Wildman–Crippen LogP) is 3.96. The Bertz CT molecular complexity index is 547. The molecular weight excluding hydrogens is 280 g/mol. The van der Waals surface area contributed by atoms with Crippen molar-refractivity contribution in [2.45, 2.75) is 13.0 Å². The highest BCUT2D eigenvalue weighted by atomic mass is 35.5. The van der Waals surface area contributed by atoms with E-state index >= 15 is 0 Å². The number of nitrogens with zero attached hydrogens (tertiary/aromatic N) is 1. The first kappa shape index (κ1) is 14.4. The number of rotatable bonds is 5. The second-order valence-electron chi connectivity index (χ2n) is 5.70. The van der Waals surface area contributed by atoms with Crippen molar-refractivity contribution in [1.82, 2.24) is 5.32 Å². The van der Waals surface area contributed by atoms with Gasteiger partial charge in [-0.3, -0.25) is 0 Å². The average Bonchev–Trinajstić information content (AvgIpc) is 3.01. The van der Waals surface area contributed by atoms with E-state index < -0.39 is 0 Å². The van der Waals surface area contributed by atoms with E-state index in [2.05, 4.69) is 52.7 Å². The van der Waals surface area contributed by atoms with Crippen molar-refractivity contribution in [3.63, 3.8) is 0 Å². The summed E-state index contributed by atoms with van der Waals surface area (Å²) in [7, 11) is 0. The fourth-order valence-electron chi connectivity index (χ4n) is 2.90. The van der Waals surface area contributed by atoms with Crippen LogP contribution in [0.25, 0.3) is 0 Å². The summed E-state index contributed by atoms with van der Waals surface area (Å²) < 4.78 is 0. The van der Waals surface area contributed by atoms with E-state index in [4.69, 9.17) is 11.6 Å². The molecule has 1 unspecified atom stereocenters. The fourth-order valence-corrected chi connectivity index (χ4v) is 3.02. The Morgan fingerprint density at radius 1 is 1.05 bits per heavy atom. The van der Waals surface area contributed by atoms with Crippen LogP contribution >= 0.6 is 11.6 Å². The van der Waals surface area contributed by atoms with Gasteiger partial charge in [0.1, 0.15) is 0 Å². The largest absolute Gasteiger partial charge is 0.367 e. The Balaban J connectivity index is 1.77. The van der Waals surface area contributed by atoms with E-state index in [0.717, 1.165) is 37.1 Å². The zero-order valence-corrected chi connectivity index (χ0v) is 12.9. The molecule has 0 radical (unpaired) electrons. The first-order valence-corrected chi connectivity index (χ1v) is 7.94. The molecule has 3 rings (SSSR count). The van der Waals surface area contributed by atoms with Crippen molar-refractivity contribution in [2.75, 3.05) is 24.5 Å². The molecule has 110 valence electrons. The van der Waals surface area contributed by atoms with E-state index in [0.29, 0.717) is 0 Å². The maximum atomic E-state index is 6.02. The molecule has 1 aliphatic heterocycles. The minimum Gasteiger partial charge on any atom is -0.367 e. The second kappa shape index (κ2) is 6.97. The van der Waals surface area contributed by atoms with Gasteiger partial charge in [-0.25, -0.2) is 0 Å². The molecule has 0 spiro atoms. The zero-order chi connectivity index (χ0) is 14.5. The van der Waals surface area contributed by atoms with E-state index in [1.807, 2.05) is 12.1 Å². The van der Waals surface area contributed by atoms with Gasteiger partial charge in [0.05, 0.1) is 0 Å². The van der Waals surface area contributed by atoms with Gasteiger partial charge in [-0.15, -0.1) is 0 Å². The van der Waals surface area contributed by atoms with E-state index in [-0.39, 0.29) is 0 Å². The summed E-state index contributed by atoms with van der Waals surface area (Å²) in [6.07, 6.45) is 1.26. The van der Waals surface area contributed by atoms with Crippen LogP contribution in [0.4, 0.5) is 5.69 Å². The molecule has 0 aromatic heterocycles. The lowest BCUT2D eigenvalue weighted by Gasteiger charge is -2.28. The van der Waals surface area contributed by atoms with Crippen molar-refractivity contribution in [1.29, 1.82) is 0 Å². The highest BCUT2D eigenvalue weighted by molar-refractivity contribution is 6.30. The molecule has 2 aromatic carbocycles. The van der Waals surface area contributed by atoms with Gasteiger partial charge in [-0.1, -0.05) is 41.9 Å². The Kier molecular flexibility index (Phi) is 4.79. The molecule has 0 bridgehead atoms. The fraction of sp³-hybridized carbons (Fsp3) is 0.333. The molecule has 0 aliphatic carbocycles. The number of benzene rings is 2. The predicted molar refractivity (Wildman–Crippen MR) is 89.9 cm³/mol. The first-order valence-electron chi connectivity index (χ1n) is 7.56. The van der Waals surface area contributed by atoms with Crippen LogP contribution in [0.15, 0.2) is 54.6 Å². The van der Waals surface area contributed by atoms with Gasteiger partial charge in [0, 0.05) is 23.8 Å². The van der Waals surface area contributed by atoms with Crippen LogP contribution in [0.1, 0.15) is 12.0 Å². The average molecular weight is 301 g/mol. The number of nitrogens with one attached hydrogen (secondary N) is 1. The van der Waals surface area contributed by atoms with Crippen LogP contribution in [0.3, 0.4) is 0 Å². The topological polar surface area (TPSA) is 15.3 Å². The number of anilines is 1. The Morgan fingerprint density at radius 3 is 2.48 bits per heavy atom. The molecule has 1 N–H and O–H groups in total. The summed E-state index contributed by atoms with van der Waals surface area (Å²) in [6.45, 7) is 4.30. The normalized spacial score (nSPS) is 17.9. The quantitative estimate of drug-likeness (QED) is 0.899. The molecule has 2 nitrogen and oxygen atoms in total. The maximum absolute atomic E-state index is 6.02. The molecule has 0 amide bonds. The van der Waals surface area contributed by atoms with Gasteiger partial charge in [0.15, 0.2) is 0 Å². The van der Waals surface area contributed by atoms with Crippen molar-refractivity contribution >= 4 is 17.3 Å². The minimum absolute atomic E-state index is 0.726. The van der Waals surface area contributed by atoms with Crippen LogP contribution < -0.4 is 10.2 Å². The molecule has 2 aromatic rings. The summed E-state index contributed by atoms with van der Waals surface area (Å²) >= 11 is 6.02. The Morgan fingerprint density at radius 2 is 1.81 bits per heavy atom. The third kappa shape index (κ3) is 3.99. The lowest BCUT2D eigenvalue weighted by molar-refractivity contribution is 0.558. The highest BCUT2D eigenvalue weighted by Gasteiger charge is 2.18. The van der Waals surface area contributed by atoms with Crippen LogP contribution in [-0.2, 0) is 6.54 Å². The lowest BCUT2D eigenvalue weighted by atomic mass is 10.1. The molecule has 1 heterocycles.